The van der Waals surface area contributed by atoms with Crippen LogP contribution >= 0.6 is 0 Å². The Morgan fingerprint density at radius 3 is 2.81 bits per heavy atom. The van der Waals surface area contributed by atoms with Crippen molar-refractivity contribution in [2.75, 3.05) is 12.4 Å². The van der Waals surface area contributed by atoms with Gasteiger partial charge in [-0.2, -0.15) is 0 Å². The van der Waals surface area contributed by atoms with Gasteiger partial charge in [-0.15, -0.1) is 0 Å². The number of hydrogen-bond donors (Lipinski definition) is 4. The first-order chi connectivity index (χ1) is 12.9. The molecule has 1 aromatic carbocycles. The van der Waals surface area contributed by atoms with Crippen LogP contribution in [0.3, 0.4) is 0 Å². The molecule has 1 saturated carbocycles. The first-order valence-electron chi connectivity index (χ1n) is 8.63. The molecular formula is C19H19FN6O. The minimum Gasteiger partial charge on any atom is -0.387 e. The molecule has 0 spiro atoms. The fraction of sp³-hybridized carbons (Fsp3) is 0.263. The minimum absolute atomic E-state index is 0.0930. The van der Waals surface area contributed by atoms with E-state index in [0.29, 0.717) is 33.7 Å². The number of H-pyrrole nitrogens is 1. The number of nitrogens with zero attached hydrogens (tertiary/aromatic N) is 2. The van der Waals surface area contributed by atoms with Gasteiger partial charge in [-0.1, -0.05) is 0 Å². The van der Waals surface area contributed by atoms with E-state index in [-0.39, 0.29) is 17.2 Å². The zero-order chi connectivity index (χ0) is 19.2. The molecule has 0 bridgehead atoms. The number of fused-ring (bicyclic) bond motifs is 1. The number of anilines is 1. The van der Waals surface area contributed by atoms with Gasteiger partial charge in [0.05, 0.1) is 17.5 Å². The van der Waals surface area contributed by atoms with Crippen LogP contribution in [0.15, 0.2) is 30.6 Å². The van der Waals surface area contributed by atoms with Crippen LogP contribution in [0.5, 0.6) is 0 Å². The Balaban J connectivity index is 1.72. The molecule has 2 heterocycles. The van der Waals surface area contributed by atoms with Gasteiger partial charge in [0.25, 0.3) is 5.91 Å². The first kappa shape index (κ1) is 17.1. The number of halogens is 1. The van der Waals surface area contributed by atoms with Gasteiger partial charge < -0.3 is 15.6 Å². The van der Waals surface area contributed by atoms with E-state index in [1.807, 2.05) is 6.92 Å². The van der Waals surface area contributed by atoms with E-state index in [1.54, 1.807) is 13.2 Å². The number of amides is 1. The summed E-state index contributed by atoms with van der Waals surface area (Å²) in [5, 5.41) is 14.3. The number of aromatic amines is 1. The highest BCUT2D eigenvalue weighted by Crippen LogP contribution is 2.34. The van der Waals surface area contributed by atoms with Crippen molar-refractivity contribution in [3.8, 4) is 0 Å². The lowest BCUT2D eigenvalue weighted by Gasteiger charge is -2.11. The maximum Gasteiger partial charge on any atom is 0.255 e. The quantitative estimate of drug-likeness (QED) is 0.521. The Hall–Kier alpha value is -3.29. The van der Waals surface area contributed by atoms with Gasteiger partial charge in [-0.3, -0.25) is 10.2 Å². The van der Waals surface area contributed by atoms with Crippen LogP contribution in [0.1, 0.15) is 41.4 Å². The number of rotatable bonds is 5. The van der Waals surface area contributed by atoms with Gasteiger partial charge in [0.2, 0.25) is 0 Å². The molecule has 2 aromatic heterocycles. The lowest BCUT2D eigenvalue weighted by atomic mass is 10.1. The molecule has 8 heteroatoms. The van der Waals surface area contributed by atoms with Gasteiger partial charge >= 0.3 is 0 Å². The maximum atomic E-state index is 13.5. The summed E-state index contributed by atoms with van der Waals surface area (Å²) < 4.78 is 13.5. The van der Waals surface area contributed by atoms with Crippen molar-refractivity contribution in [1.29, 1.82) is 5.41 Å². The highest BCUT2D eigenvalue weighted by atomic mass is 19.1. The van der Waals surface area contributed by atoms with E-state index in [4.69, 9.17) is 5.41 Å². The molecule has 0 unspecified atom stereocenters. The third-order valence-electron chi connectivity index (χ3n) is 4.82. The third-order valence-corrected chi connectivity index (χ3v) is 4.82. The molecule has 27 heavy (non-hydrogen) atoms. The second-order valence-corrected chi connectivity index (χ2v) is 6.98. The molecule has 1 amide bonds. The van der Waals surface area contributed by atoms with E-state index in [1.165, 1.54) is 24.4 Å². The average Bonchev–Trinajstić information content (AvgIpc) is 3.22. The predicted molar refractivity (Wildman–Crippen MR) is 101 cm³/mol. The number of aromatic nitrogens is 3. The van der Waals surface area contributed by atoms with Gasteiger partial charge in [-0.05, 0) is 38.0 Å². The lowest BCUT2D eigenvalue weighted by molar-refractivity contribution is 0.0937. The van der Waals surface area contributed by atoms with Crippen molar-refractivity contribution in [3.63, 3.8) is 0 Å². The zero-order valence-electron chi connectivity index (χ0n) is 15.0. The highest BCUT2D eigenvalue weighted by Gasteiger charge is 2.39. The molecule has 7 nitrogen and oxygen atoms in total. The molecule has 0 atom stereocenters. The third kappa shape index (κ3) is 3.14. The van der Waals surface area contributed by atoms with E-state index in [0.717, 1.165) is 12.8 Å². The molecule has 0 saturated heterocycles. The van der Waals surface area contributed by atoms with Crippen LogP contribution in [-0.4, -0.2) is 39.2 Å². The summed E-state index contributed by atoms with van der Waals surface area (Å²) in [6.45, 7) is 2.00. The van der Waals surface area contributed by atoms with E-state index in [9.17, 15) is 9.18 Å². The predicted octanol–water partition coefficient (Wildman–Crippen LogP) is 2.84. The molecule has 0 aliphatic heterocycles. The van der Waals surface area contributed by atoms with Crippen LogP contribution in [0.25, 0.3) is 11.2 Å². The maximum absolute atomic E-state index is 13.5. The van der Waals surface area contributed by atoms with Crippen LogP contribution in [-0.2, 0) is 0 Å². The number of benzene rings is 1. The molecule has 3 aromatic rings. The second kappa shape index (κ2) is 6.15. The Bertz CT molecular complexity index is 1070. The van der Waals surface area contributed by atoms with Crippen molar-refractivity contribution >= 4 is 28.5 Å². The lowest BCUT2D eigenvalue weighted by Crippen LogP contribution is -2.34. The average molecular weight is 366 g/mol. The van der Waals surface area contributed by atoms with Crippen molar-refractivity contribution in [2.45, 2.75) is 25.3 Å². The summed E-state index contributed by atoms with van der Waals surface area (Å²) in [5.74, 6) is -0.604. The molecular weight excluding hydrogens is 347 g/mol. The Morgan fingerprint density at radius 1 is 1.33 bits per heavy atom. The van der Waals surface area contributed by atoms with Crippen molar-refractivity contribution < 1.29 is 9.18 Å². The second-order valence-electron chi connectivity index (χ2n) is 6.98. The Morgan fingerprint density at radius 2 is 2.11 bits per heavy atom. The molecule has 0 radical (unpaired) electrons. The zero-order valence-corrected chi connectivity index (χ0v) is 15.0. The standard InChI is InChI=1S/C19H19FN6O/c1-19(5-6-19)26-18(27)12-8-23-17-16(12)25-14(9-24-17)15(21)11-4-3-10(20)7-13(11)22-2/h3-4,7-9,21-22H,5-6H2,1-2H3,(H,23,24)(H,26,27). The van der Waals surface area contributed by atoms with E-state index in [2.05, 4.69) is 25.6 Å². The molecule has 1 aliphatic rings. The van der Waals surface area contributed by atoms with Crippen molar-refractivity contribution in [1.82, 2.24) is 20.3 Å². The number of nitrogens with one attached hydrogen (secondary N) is 4. The van der Waals surface area contributed by atoms with Crippen LogP contribution in [0.2, 0.25) is 0 Å². The SMILES string of the molecule is CNc1cc(F)ccc1C(=N)c1cnc2[nH]cc(C(=O)NC3(C)CC3)c2n1. The molecule has 4 N–H and O–H groups in total. The Kier molecular flexibility index (Phi) is 3.91. The summed E-state index contributed by atoms with van der Waals surface area (Å²) in [6.07, 6.45) is 4.96. The van der Waals surface area contributed by atoms with Gasteiger partial charge in [0.15, 0.2) is 5.65 Å². The molecule has 1 aliphatic carbocycles. The van der Waals surface area contributed by atoms with Crippen molar-refractivity contribution in [3.05, 3.63) is 53.2 Å². The smallest absolute Gasteiger partial charge is 0.255 e. The summed E-state index contributed by atoms with van der Waals surface area (Å²) >= 11 is 0. The summed E-state index contributed by atoms with van der Waals surface area (Å²) in [6, 6.07) is 4.14. The van der Waals surface area contributed by atoms with E-state index < -0.39 is 5.82 Å². The van der Waals surface area contributed by atoms with Crippen LogP contribution in [0, 0.1) is 11.2 Å². The molecule has 138 valence electrons. The van der Waals surface area contributed by atoms with Gasteiger partial charge in [0.1, 0.15) is 17.0 Å². The van der Waals surface area contributed by atoms with Gasteiger partial charge in [0, 0.05) is 30.0 Å². The monoisotopic (exact) mass is 366 g/mol. The molecule has 4 rings (SSSR count). The van der Waals surface area contributed by atoms with Crippen molar-refractivity contribution in [2.24, 2.45) is 0 Å². The largest absolute Gasteiger partial charge is 0.387 e. The fourth-order valence-corrected chi connectivity index (χ4v) is 2.92. The Labute approximate surface area is 154 Å². The topological polar surface area (TPSA) is 107 Å². The van der Waals surface area contributed by atoms with Gasteiger partial charge in [-0.25, -0.2) is 14.4 Å². The number of carbonyl (C=O) groups is 1. The highest BCUT2D eigenvalue weighted by molar-refractivity contribution is 6.14. The van der Waals surface area contributed by atoms with E-state index >= 15 is 0 Å². The minimum atomic E-state index is -0.393. The normalized spacial score (nSPS) is 14.8. The summed E-state index contributed by atoms with van der Waals surface area (Å²) in [5.41, 5.74) is 2.52. The molecule has 1 fully saturated rings. The van der Waals surface area contributed by atoms with Crippen LogP contribution in [0.4, 0.5) is 10.1 Å². The number of hydrogen-bond acceptors (Lipinski definition) is 5. The summed E-state index contributed by atoms with van der Waals surface area (Å²) in [7, 11) is 1.66. The van der Waals surface area contributed by atoms with Crippen LogP contribution < -0.4 is 10.6 Å². The summed E-state index contributed by atoms with van der Waals surface area (Å²) in [4.78, 5) is 24.3. The number of carbonyl (C=O) groups excluding carboxylic acids is 1. The first-order valence-corrected chi connectivity index (χ1v) is 8.63. The fourth-order valence-electron chi connectivity index (χ4n) is 2.92.